The molecule has 25 heavy (non-hydrogen) atoms. The molecule has 0 radical (unpaired) electrons. The SMILES string of the molecule is C=O.CC=C(C)C.COCc1cc(-c2ccc(C)cc2)ccc1CO. The number of aliphatic hydroxyl groups excluding tert-OH is 1. The minimum atomic E-state index is 0.0485. The van der Waals surface area contributed by atoms with Crippen LogP contribution >= 0.6 is 0 Å². The Bertz CT molecular complexity index is 639. The molecule has 3 nitrogen and oxygen atoms in total. The van der Waals surface area contributed by atoms with Crippen molar-refractivity contribution in [2.75, 3.05) is 7.11 Å². The van der Waals surface area contributed by atoms with E-state index in [2.05, 4.69) is 57.2 Å². The number of aryl methyl sites for hydroxylation is 1. The van der Waals surface area contributed by atoms with Gasteiger partial charge in [0.1, 0.15) is 6.79 Å². The summed E-state index contributed by atoms with van der Waals surface area (Å²) in [5.41, 5.74) is 6.93. The highest BCUT2D eigenvalue weighted by atomic mass is 16.5. The fraction of sp³-hybridized carbons (Fsp3) is 0.318. The van der Waals surface area contributed by atoms with Gasteiger partial charge in [0, 0.05) is 7.11 Å². The lowest BCUT2D eigenvalue weighted by atomic mass is 9.99. The maximum atomic E-state index is 9.29. The second kappa shape index (κ2) is 13.1. The number of rotatable bonds is 4. The van der Waals surface area contributed by atoms with Gasteiger partial charge < -0.3 is 14.6 Å². The van der Waals surface area contributed by atoms with E-state index in [-0.39, 0.29) is 6.61 Å². The number of benzene rings is 2. The second-order valence-corrected chi connectivity index (χ2v) is 5.81. The molecule has 0 spiro atoms. The standard InChI is InChI=1S/C16H18O2.C5H10.CH2O/c1-12-3-5-13(6-4-12)14-7-8-15(10-17)16(9-14)11-18-2;1-4-5(2)3;1-2/h3-9,17H,10-11H2,1-2H3;4H,1-3H3;1H2. The molecule has 2 aromatic rings. The van der Waals surface area contributed by atoms with Gasteiger partial charge in [-0.25, -0.2) is 0 Å². The highest BCUT2D eigenvalue weighted by Crippen LogP contribution is 2.23. The van der Waals surface area contributed by atoms with Gasteiger partial charge in [-0.05, 0) is 56.0 Å². The first kappa shape index (κ1) is 22.8. The fourth-order valence-corrected chi connectivity index (χ4v) is 2.00. The molecule has 136 valence electrons. The minimum absolute atomic E-state index is 0.0485. The van der Waals surface area contributed by atoms with Gasteiger partial charge in [0.2, 0.25) is 0 Å². The van der Waals surface area contributed by atoms with E-state index in [9.17, 15) is 5.11 Å². The average molecular weight is 342 g/mol. The molecule has 0 bridgehead atoms. The van der Waals surface area contributed by atoms with Gasteiger partial charge in [-0.1, -0.05) is 53.6 Å². The summed E-state index contributed by atoms with van der Waals surface area (Å²) in [6.07, 6.45) is 2.08. The Morgan fingerprint density at radius 2 is 1.56 bits per heavy atom. The summed E-state index contributed by atoms with van der Waals surface area (Å²) in [6, 6.07) is 14.5. The number of aliphatic hydroxyl groups is 1. The summed E-state index contributed by atoms with van der Waals surface area (Å²) in [7, 11) is 1.67. The molecular weight excluding hydrogens is 312 g/mol. The van der Waals surface area contributed by atoms with Crippen molar-refractivity contribution in [3.8, 4) is 11.1 Å². The Hall–Kier alpha value is -2.23. The topological polar surface area (TPSA) is 46.5 Å². The fourth-order valence-electron chi connectivity index (χ4n) is 2.00. The Balaban J connectivity index is 0.000000710. The highest BCUT2D eigenvalue weighted by molar-refractivity contribution is 5.65. The van der Waals surface area contributed by atoms with Crippen LogP contribution in [0.5, 0.6) is 0 Å². The molecule has 2 aromatic carbocycles. The Labute approximate surface area is 152 Å². The number of ether oxygens (including phenoxy) is 1. The average Bonchev–Trinajstić information content (AvgIpc) is 2.64. The lowest BCUT2D eigenvalue weighted by Gasteiger charge is -2.10. The largest absolute Gasteiger partial charge is 0.392 e. The number of carbonyl (C=O) groups is 1. The molecule has 0 fully saturated rings. The van der Waals surface area contributed by atoms with Crippen LogP contribution in [0.1, 0.15) is 37.5 Å². The maximum Gasteiger partial charge on any atom is 0.106 e. The highest BCUT2D eigenvalue weighted by Gasteiger charge is 2.04. The van der Waals surface area contributed by atoms with Gasteiger partial charge in [-0.3, -0.25) is 0 Å². The van der Waals surface area contributed by atoms with E-state index >= 15 is 0 Å². The number of hydrogen-bond donors (Lipinski definition) is 1. The first-order chi connectivity index (χ1) is 12.0. The summed E-state index contributed by atoms with van der Waals surface area (Å²) < 4.78 is 5.17. The van der Waals surface area contributed by atoms with Gasteiger partial charge in [-0.15, -0.1) is 0 Å². The molecule has 1 N–H and O–H groups in total. The normalized spacial score (nSPS) is 9.20. The summed E-state index contributed by atoms with van der Waals surface area (Å²) >= 11 is 0. The molecule has 0 amide bonds. The molecular formula is C22H30O3. The van der Waals surface area contributed by atoms with Crippen molar-refractivity contribution in [1.29, 1.82) is 0 Å². The Morgan fingerprint density at radius 3 is 2.00 bits per heavy atom. The van der Waals surface area contributed by atoms with E-state index in [0.29, 0.717) is 6.61 Å². The van der Waals surface area contributed by atoms with Crippen LogP contribution in [0, 0.1) is 6.92 Å². The Kier molecular flexibility index (Phi) is 11.9. The zero-order valence-corrected chi connectivity index (χ0v) is 16.0. The van der Waals surface area contributed by atoms with Crippen molar-refractivity contribution in [2.45, 2.75) is 40.9 Å². The lowest BCUT2D eigenvalue weighted by Crippen LogP contribution is -1.96. The molecule has 0 saturated heterocycles. The monoisotopic (exact) mass is 342 g/mol. The third-order valence-electron chi connectivity index (χ3n) is 3.64. The van der Waals surface area contributed by atoms with E-state index in [1.807, 2.05) is 25.8 Å². The van der Waals surface area contributed by atoms with Crippen LogP contribution in [0.15, 0.2) is 54.1 Å². The van der Waals surface area contributed by atoms with Crippen molar-refractivity contribution in [3.63, 3.8) is 0 Å². The Morgan fingerprint density at radius 1 is 1.04 bits per heavy atom. The lowest BCUT2D eigenvalue weighted by molar-refractivity contribution is -0.0979. The first-order valence-electron chi connectivity index (χ1n) is 8.18. The van der Waals surface area contributed by atoms with Gasteiger partial charge in [0.15, 0.2) is 0 Å². The van der Waals surface area contributed by atoms with Crippen molar-refractivity contribution in [2.24, 2.45) is 0 Å². The molecule has 0 aliphatic carbocycles. The van der Waals surface area contributed by atoms with Crippen LogP contribution in [-0.4, -0.2) is 19.0 Å². The quantitative estimate of drug-likeness (QED) is 0.787. The van der Waals surface area contributed by atoms with Crippen LogP contribution in [0.2, 0.25) is 0 Å². The third kappa shape index (κ3) is 8.43. The molecule has 0 aliphatic heterocycles. The first-order valence-corrected chi connectivity index (χ1v) is 8.18. The number of carbonyl (C=O) groups excluding carboxylic acids is 1. The second-order valence-electron chi connectivity index (χ2n) is 5.81. The molecule has 3 heteroatoms. The molecule has 0 unspecified atom stereocenters. The summed E-state index contributed by atoms with van der Waals surface area (Å²) in [6.45, 7) is 10.9. The minimum Gasteiger partial charge on any atom is -0.392 e. The van der Waals surface area contributed by atoms with Crippen molar-refractivity contribution < 1.29 is 14.6 Å². The molecule has 0 aromatic heterocycles. The summed E-state index contributed by atoms with van der Waals surface area (Å²) in [4.78, 5) is 8.00. The van der Waals surface area contributed by atoms with Crippen LogP contribution in [0.25, 0.3) is 11.1 Å². The summed E-state index contributed by atoms with van der Waals surface area (Å²) in [5, 5.41) is 9.29. The van der Waals surface area contributed by atoms with Crippen LogP contribution < -0.4 is 0 Å². The number of hydrogen-bond acceptors (Lipinski definition) is 3. The van der Waals surface area contributed by atoms with Gasteiger partial charge in [-0.2, -0.15) is 0 Å². The predicted molar refractivity (Wildman–Crippen MR) is 105 cm³/mol. The summed E-state index contributed by atoms with van der Waals surface area (Å²) in [5.74, 6) is 0. The van der Waals surface area contributed by atoms with E-state index < -0.39 is 0 Å². The molecule has 0 aliphatic rings. The number of methoxy groups -OCH3 is 1. The van der Waals surface area contributed by atoms with E-state index in [1.54, 1.807) is 7.11 Å². The van der Waals surface area contributed by atoms with Crippen molar-refractivity contribution in [1.82, 2.24) is 0 Å². The van der Waals surface area contributed by atoms with Crippen molar-refractivity contribution >= 4 is 6.79 Å². The molecule has 0 heterocycles. The zero-order chi connectivity index (χ0) is 19.2. The van der Waals surface area contributed by atoms with E-state index in [1.165, 1.54) is 16.7 Å². The van der Waals surface area contributed by atoms with Crippen LogP contribution in [0.4, 0.5) is 0 Å². The predicted octanol–water partition coefficient (Wildman–Crippen LogP) is 5.09. The van der Waals surface area contributed by atoms with E-state index in [0.717, 1.165) is 16.7 Å². The molecule has 2 rings (SSSR count). The van der Waals surface area contributed by atoms with E-state index in [4.69, 9.17) is 9.53 Å². The smallest absolute Gasteiger partial charge is 0.106 e. The molecule has 0 saturated carbocycles. The van der Waals surface area contributed by atoms with Gasteiger partial charge in [0.05, 0.1) is 13.2 Å². The van der Waals surface area contributed by atoms with Gasteiger partial charge >= 0.3 is 0 Å². The van der Waals surface area contributed by atoms with Gasteiger partial charge in [0.25, 0.3) is 0 Å². The van der Waals surface area contributed by atoms with Crippen LogP contribution in [-0.2, 0) is 22.7 Å². The number of allylic oxidation sites excluding steroid dienone is 2. The maximum absolute atomic E-state index is 9.29. The third-order valence-corrected chi connectivity index (χ3v) is 3.64. The van der Waals surface area contributed by atoms with Crippen LogP contribution in [0.3, 0.4) is 0 Å². The zero-order valence-electron chi connectivity index (χ0n) is 16.0. The molecule has 0 atom stereocenters. The van der Waals surface area contributed by atoms with Crippen molar-refractivity contribution in [3.05, 3.63) is 70.8 Å².